The van der Waals surface area contributed by atoms with Crippen LogP contribution in [0.3, 0.4) is 0 Å². The molecule has 1 atom stereocenters. The van der Waals surface area contributed by atoms with E-state index in [1.807, 2.05) is 42.5 Å². The highest BCUT2D eigenvalue weighted by molar-refractivity contribution is 6.03. The highest BCUT2D eigenvalue weighted by Crippen LogP contribution is 2.34. The summed E-state index contributed by atoms with van der Waals surface area (Å²) in [6, 6.07) is 24.2. The number of non-ortho nitro benzene ring substituents is 1. The molecule has 0 aliphatic carbocycles. The van der Waals surface area contributed by atoms with Crippen molar-refractivity contribution in [3.05, 3.63) is 100 Å². The van der Waals surface area contributed by atoms with E-state index in [4.69, 9.17) is 0 Å². The fraction of sp³-hybridized carbons (Fsp3) is 0.130. The van der Waals surface area contributed by atoms with Crippen LogP contribution in [0.1, 0.15) is 30.5 Å². The Labute approximate surface area is 168 Å². The number of amides is 1. The minimum Gasteiger partial charge on any atom is -0.273 e. The van der Waals surface area contributed by atoms with Crippen molar-refractivity contribution in [2.45, 2.75) is 19.4 Å². The average Bonchev–Trinajstić information content (AvgIpc) is 3.20. The molecule has 144 valence electrons. The predicted octanol–water partition coefficient (Wildman–Crippen LogP) is 4.96. The Kier molecular flexibility index (Phi) is 4.91. The Morgan fingerprint density at radius 2 is 1.62 bits per heavy atom. The van der Waals surface area contributed by atoms with Crippen LogP contribution in [0.15, 0.2) is 84.0 Å². The third-order valence-electron chi connectivity index (χ3n) is 5.02. The molecule has 4 rings (SSSR count). The monoisotopic (exact) mass is 385 g/mol. The van der Waals surface area contributed by atoms with Crippen molar-refractivity contribution in [1.82, 2.24) is 5.01 Å². The van der Waals surface area contributed by atoms with E-state index in [1.54, 1.807) is 12.1 Å². The fourth-order valence-electron chi connectivity index (χ4n) is 3.57. The van der Waals surface area contributed by atoms with Crippen LogP contribution in [0.4, 0.5) is 5.69 Å². The Bertz CT molecular complexity index is 1090. The Hall–Kier alpha value is -3.80. The van der Waals surface area contributed by atoms with Gasteiger partial charge in [0, 0.05) is 25.5 Å². The first kappa shape index (κ1) is 18.6. The van der Waals surface area contributed by atoms with Crippen LogP contribution < -0.4 is 0 Å². The average molecular weight is 385 g/mol. The number of hydrazone groups is 1. The lowest BCUT2D eigenvalue weighted by atomic mass is 9.96. The number of hydrogen-bond donors (Lipinski definition) is 0. The molecule has 3 aromatic rings. The largest absolute Gasteiger partial charge is 0.273 e. The van der Waals surface area contributed by atoms with Crippen LogP contribution in [0.5, 0.6) is 0 Å². The molecule has 6 heteroatoms. The van der Waals surface area contributed by atoms with Gasteiger partial charge >= 0.3 is 0 Å². The lowest BCUT2D eigenvalue weighted by Crippen LogP contribution is -2.24. The summed E-state index contributed by atoms with van der Waals surface area (Å²) in [5.41, 5.74) is 4.67. The molecule has 1 aliphatic rings. The molecule has 1 amide bonds. The molecule has 0 bridgehead atoms. The second-order valence-electron chi connectivity index (χ2n) is 6.93. The molecule has 0 aromatic heterocycles. The number of nitro groups is 1. The van der Waals surface area contributed by atoms with Gasteiger partial charge in [-0.3, -0.25) is 14.9 Å². The topological polar surface area (TPSA) is 75.8 Å². The van der Waals surface area contributed by atoms with Gasteiger partial charge in [0.15, 0.2) is 0 Å². The number of carbonyl (C=O) groups is 1. The normalized spacial score (nSPS) is 15.8. The summed E-state index contributed by atoms with van der Waals surface area (Å²) in [4.78, 5) is 22.8. The highest BCUT2D eigenvalue weighted by Gasteiger charge is 2.32. The lowest BCUT2D eigenvalue weighted by Gasteiger charge is -2.20. The summed E-state index contributed by atoms with van der Waals surface area (Å²) in [6.07, 6.45) is 0.505. The van der Waals surface area contributed by atoms with Gasteiger partial charge in [-0.15, -0.1) is 0 Å². The Morgan fingerprint density at radius 1 is 0.966 bits per heavy atom. The van der Waals surface area contributed by atoms with Gasteiger partial charge in [0.1, 0.15) is 0 Å². The van der Waals surface area contributed by atoms with Gasteiger partial charge in [0.2, 0.25) is 5.91 Å². The summed E-state index contributed by atoms with van der Waals surface area (Å²) in [6.45, 7) is 1.45. The molecule has 1 aliphatic heterocycles. The molecule has 6 nitrogen and oxygen atoms in total. The maximum absolute atomic E-state index is 12.1. The van der Waals surface area contributed by atoms with Gasteiger partial charge < -0.3 is 0 Å². The van der Waals surface area contributed by atoms with Gasteiger partial charge in [-0.25, -0.2) is 5.01 Å². The number of nitro benzene ring substituents is 1. The van der Waals surface area contributed by atoms with Gasteiger partial charge in [0.05, 0.1) is 16.7 Å². The highest BCUT2D eigenvalue weighted by atomic mass is 16.6. The Morgan fingerprint density at radius 3 is 2.28 bits per heavy atom. The molecular weight excluding hydrogens is 366 g/mol. The van der Waals surface area contributed by atoms with E-state index in [2.05, 4.69) is 17.2 Å². The summed E-state index contributed by atoms with van der Waals surface area (Å²) < 4.78 is 0. The third kappa shape index (κ3) is 3.78. The molecule has 1 unspecified atom stereocenters. The summed E-state index contributed by atoms with van der Waals surface area (Å²) in [5, 5.41) is 17.1. The molecule has 0 saturated heterocycles. The quantitative estimate of drug-likeness (QED) is 0.470. The van der Waals surface area contributed by atoms with Gasteiger partial charge in [-0.1, -0.05) is 66.7 Å². The lowest BCUT2D eigenvalue weighted by molar-refractivity contribution is -0.384. The van der Waals surface area contributed by atoms with Gasteiger partial charge in [0.25, 0.3) is 5.69 Å². The first-order chi connectivity index (χ1) is 14.0. The second kappa shape index (κ2) is 7.67. The zero-order valence-electron chi connectivity index (χ0n) is 15.9. The molecule has 0 spiro atoms. The Balaban J connectivity index is 1.62. The fourth-order valence-corrected chi connectivity index (χ4v) is 3.57. The van der Waals surface area contributed by atoms with Crippen molar-refractivity contribution in [2.24, 2.45) is 5.10 Å². The summed E-state index contributed by atoms with van der Waals surface area (Å²) >= 11 is 0. The number of carbonyl (C=O) groups excluding carboxylic acids is 1. The van der Waals surface area contributed by atoms with Crippen molar-refractivity contribution in [3.63, 3.8) is 0 Å². The van der Waals surface area contributed by atoms with Crippen LogP contribution >= 0.6 is 0 Å². The van der Waals surface area contributed by atoms with Crippen molar-refractivity contribution >= 4 is 17.3 Å². The molecule has 3 aromatic carbocycles. The maximum atomic E-state index is 12.1. The van der Waals surface area contributed by atoms with Crippen molar-refractivity contribution < 1.29 is 9.72 Å². The molecule has 0 radical (unpaired) electrons. The predicted molar refractivity (Wildman–Crippen MR) is 111 cm³/mol. The van der Waals surface area contributed by atoms with E-state index in [9.17, 15) is 14.9 Å². The number of nitrogens with zero attached hydrogens (tertiary/aromatic N) is 3. The van der Waals surface area contributed by atoms with Crippen molar-refractivity contribution in [1.29, 1.82) is 0 Å². The van der Waals surface area contributed by atoms with Crippen molar-refractivity contribution in [2.75, 3.05) is 0 Å². The van der Waals surface area contributed by atoms with Crippen LogP contribution in [0.25, 0.3) is 11.1 Å². The minimum absolute atomic E-state index is 0.00617. The SMILES string of the molecule is CC(=O)N1N=C(c2ccc(-c3ccccc3)cc2)CC1c1cccc([N+](=O)[O-])c1. The molecular formula is C23H19N3O3. The molecule has 0 fully saturated rings. The second-order valence-corrected chi connectivity index (χ2v) is 6.93. The molecule has 0 N–H and O–H groups in total. The van der Waals surface area contributed by atoms with Gasteiger partial charge in [-0.2, -0.15) is 5.10 Å². The molecule has 0 saturated carbocycles. The minimum atomic E-state index is -0.430. The third-order valence-corrected chi connectivity index (χ3v) is 5.02. The standard InChI is InChI=1S/C23H19N3O3/c1-16(27)25-23(20-8-5-9-21(14-20)26(28)29)15-22(24-25)19-12-10-18(11-13-19)17-6-3-2-4-7-17/h2-14,23H,15H2,1H3. The first-order valence-electron chi connectivity index (χ1n) is 9.30. The van der Waals surface area contributed by atoms with E-state index >= 15 is 0 Å². The first-order valence-corrected chi connectivity index (χ1v) is 9.30. The summed E-state index contributed by atoms with van der Waals surface area (Å²) in [5.74, 6) is -0.197. The van der Waals surface area contributed by atoms with Crippen LogP contribution in [-0.2, 0) is 4.79 Å². The van der Waals surface area contributed by atoms with Crippen LogP contribution in [-0.4, -0.2) is 21.6 Å². The van der Waals surface area contributed by atoms with E-state index in [1.165, 1.54) is 24.1 Å². The number of hydrogen-bond acceptors (Lipinski definition) is 4. The molecule has 29 heavy (non-hydrogen) atoms. The van der Waals surface area contributed by atoms with E-state index in [0.29, 0.717) is 12.0 Å². The number of benzene rings is 3. The smallest absolute Gasteiger partial charge is 0.269 e. The van der Waals surface area contributed by atoms with Crippen LogP contribution in [0, 0.1) is 10.1 Å². The van der Waals surface area contributed by atoms with E-state index in [-0.39, 0.29) is 17.6 Å². The van der Waals surface area contributed by atoms with E-state index < -0.39 is 4.92 Å². The van der Waals surface area contributed by atoms with E-state index in [0.717, 1.165) is 22.4 Å². The van der Waals surface area contributed by atoms with Gasteiger partial charge in [-0.05, 0) is 22.3 Å². The summed E-state index contributed by atoms with van der Waals surface area (Å²) in [7, 11) is 0. The zero-order valence-corrected chi connectivity index (χ0v) is 15.9. The zero-order chi connectivity index (χ0) is 20.4. The van der Waals surface area contributed by atoms with Crippen LogP contribution in [0.2, 0.25) is 0 Å². The maximum Gasteiger partial charge on any atom is 0.269 e. The number of rotatable bonds is 4. The molecule has 1 heterocycles. The van der Waals surface area contributed by atoms with Crippen molar-refractivity contribution in [3.8, 4) is 11.1 Å².